The van der Waals surface area contributed by atoms with Crippen molar-refractivity contribution in [2.24, 2.45) is 0 Å². The second kappa shape index (κ2) is 5.18. The number of fused-ring (bicyclic) bond motifs is 3. The zero-order valence-electron chi connectivity index (χ0n) is 12.2. The molecule has 3 aromatic rings. The fourth-order valence-corrected chi connectivity index (χ4v) is 4.24. The molecule has 0 amide bonds. The Bertz CT molecular complexity index is 860. The van der Waals surface area contributed by atoms with E-state index in [9.17, 15) is 4.79 Å². The lowest BCUT2D eigenvalue weighted by Crippen LogP contribution is -2.32. The van der Waals surface area contributed by atoms with Gasteiger partial charge in [0.2, 0.25) is 0 Å². The van der Waals surface area contributed by atoms with Gasteiger partial charge < -0.3 is 4.90 Å². The number of anilines is 1. The van der Waals surface area contributed by atoms with Crippen LogP contribution in [0.3, 0.4) is 0 Å². The summed E-state index contributed by atoms with van der Waals surface area (Å²) in [6.45, 7) is 0. The molecule has 0 saturated heterocycles. The first-order valence-electron chi connectivity index (χ1n) is 7.26. The van der Waals surface area contributed by atoms with Gasteiger partial charge in [-0.15, -0.1) is 0 Å². The van der Waals surface area contributed by atoms with Crippen molar-refractivity contribution in [1.82, 2.24) is 0 Å². The maximum atomic E-state index is 12.8. The Labute approximate surface area is 133 Å². The van der Waals surface area contributed by atoms with Gasteiger partial charge in [-0.25, -0.2) is 0 Å². The van der Waals surface area contributed by atoms with Crippen LogP contribution < -0.4 is 4.90 Å². The van der Waals surface area contributed by atoms with E-state index in [1.165, 1.54) is 15.7 Å². The maximum Gasteiger partial charge on any atom is 0.195 e. The Hall–Kier alpha value is -2.26. The van der Waals surface area contributed by atoms with Crippen LogP contribution in [0.2, 0.25) is 0 Å². The van der Waals surface area contributed by atoms with Gasteiger partial charge in [0.1, 0.15) is 5.37 Å². The van der Waals surface area contributed by atoms with Gasteiger partial charge in [0.15, 0.2) is 5.78 Å². The number of benzene rings is 3. The average Bonchev–Trinajstić information content (AvgIpc) is 2.92. The molecule has 0 radical (unpaired) electrons. The van der Waals surface area contributed by atoms with Crippen LogP contribution in [0, 0.1) is 0 Å². The Morgan fingerprint density at radius 1 is 0.955 bits per heavy atom. The van der Waals surface area contributed by atoms with E-state index in [-0.39, 0.29) is 11.2 Å². The van der Waals surface area contributed by atoms with E-state index in [2.05, 4.69) is 29.2 Å². The van der Waals surface area contributed by atoms with Crippen molar-refractivity contribution in [3.05, 3.63) is 72.3 Å². The van der Waals surface area contributed by atoms with Crippen LogP contribution in [0.25, 0.3) is 10.8 Å². The minimum Gasteiger partial charge on any atom is -0.354 e. The highest BCUT2D eigenvalue weighted by Crippen LogP contribution is 2.47. The zero-order chi connectivity index (χ0) is 15.1. The standard InChI is InChI=1S/C19H15NOS/c1-20-17-15-10-6-5-7-13(15)11-12-16(17)22-19(20)18(21)14-8-3-2-4-9-14/h2-12,19H,1H3. The van der Waals surface area contributed by atoms with Crippen LogP contribution in [-0.2, 0) is 0 Å². The van der Waals surface area contributed by atoms with Crippen LogP contribution >= 0.6 is 11.8 Å². The van der Waals surface area contributed by atoms with Crippen molar-refractivity contribution in [2.45, 2.75) is 10.3 Å². The van der Waals surface area contributed by atoms with Gasteiger partial charge in [-0.2, -0.15) is 0 Å². The summed E-state index contributed by atoms with van der Waals surface area (Å²) < 4.78 is 0. The van der Waals surface area contributed by atoms with Crippen LogP contribution in [0.4, 0.5) is 5.69 Å². The summed E-state index contributed by atoms with van der Waals surface area (Å²) in [5, 5.41) is 2.23. The molecule has 3 aromatic carbocycles. The van der Waals surface area contributed by atoms with Crippen molar-refractivity contribution in [3.63, 3.8) is 0 Å². The highest BCUT2D eigenvalue weighted by Gasteiger charge is 2.34. The van der Waals surface area contributed by atoms with E-state index < -0.39 is 0 Å². The number of likely N-dealkylation sites (N-methyl/N-ethyl adjacent to an activating group) is 1. The molecule has 0 spiro atoms. The molecule has 22 heavy (non-hydrogen) atoms. The fraction of sp³-hybridized carbons (Fsp3) is 0.105. The third-order valence-corrected chi connectivity index (χ3v) is 5.43. The SMILES string of the molecule is CN1c2c(ccc3ccccc23)SC1C(=O)c1ccccc1. The number of thioether (sulfide) groups is 1. The molecule has 1 atom stereocenters. The van der Waals surface area contributed by atoms with Crippen molar-refractivity contribution in [3.8, 4) is 0 Å². The third-order valence-electron chi connectivity index (χ3n) is 4.09. The lowest BCUT2D eigenvalue weighted by atomic mass is 10.1. The zero-order valence-corrected chi connectivity index (χ0v) is 13.0. The number of ketones is 1. The summed E-state index contributed by atoms with van der Waals surface area (Å²) in [7, 11) is 2.01. The lowest BCUT2D eigenvalue weighted by molar-refractivity contribution is 0.0990. The van der Waals surface area contributed by atoms with E-state index >= 15 is 0 Å². The van der Waals surface area contributed by atoms with E-state index in [1.54, 1.807) is 11.8 Å². The Morgan fingerprint density at radius 2 is 1.68 bits per heavy atom. The molecule has 1 aliphatic rings. The summed E-state index contributed by atoms with van der Waals surface area (Å²) in [5.74, 6) is 0.161. The smallest absolute Gasteiger partial charge is 0.195 e. The molecular formula is C19H15NOS. The monoisotopic (exact) mass is 305 g/mol. The summed E-state index contributed by atoms with van der Waals surface area (Å²) >= 11 is 1.64. The molecule has 0 aromatic heterocycles. The average molecular weight is 305 g/mol. The Morgan fingerprint density at radius 3 is 2.50 bits per heavy atom. The molecule has 1 heterocycles. The highest BCUT2D eigenvalue weighted by molar-refractivity contribution is 8.01. The maximum absolute atomic E-state index is 12.8. The molecule has 0 N–H and O–H groups in total. The van der Waals surface area contributed by atoms with Gasteiger partial charge in [-0.1, -0.05) is 72.4 Å². The summed E-state index contributed by atoms with van der Waals surface area (Å²) in [5.41, 5.74) is 1.93. The van der Waals surface area contributed by atoms with Crippen molar-refractivity contribution < 1.29 is 4.79 Å². The predicted octanol–water partition coefficient (Wildman–Crippen LogP) is 4.59. The summed E-state index contributed by atoms with van der Waals surface area (Å²) in [6.07, 6.45) is 0. The van der Waals surface area contributed by atoms with Gasteiger partial charge in [-0.05, 0) is 11.5 Å². The minimum absolute atomic E-state index is 0.161. The Kier molecular flexibility index (Phi) is 3.16. The molecule has 2 nitrogen and oxygen atoms in total. The number of Topliss-reactive ketones (excluding diaryl/α,β-unsaturated/α-hetero) is 1. The largest absolute Gasteiger partial charge is 0.354 e. The number of rotatable bonds is 2. The third kappa shape index (κ3) is 2.01. The first-order chi connectivity index (χ1) is 10.8. The van der Waals surface area contributed by atoms with Crippen LogP contribution in [-0.4, -0.2) is 18.2 Å². The van der Waals surface area contributed by atoms with Crippen molar-refractivity contribution >= 4 is 34.0 Å². The van der Waals surface area contributed by atoms with Crippen LogP contribution in [0.15, 0.2) is 71.6 Å². The van der Waals surface area contributed by atoms with E-state index in [1.807, 2.05) is 49.5 Å². The minimum atomic E-state index is -0.191. The molecule has 108 valence electrons. The van der Waals surface area contributed by atoms with Crippen molar-refractivity contribution in [1.29, 1.82) is 0 Å². The summed E-state index contributed by atoms with van der Waals surface area (Å²) in [4.78, 5) is 16.1. The van der Waals surface area contributed by atoms with Crippen molar-refractivity contribution in [2.75, 3.05) is 11.9 Å². The predicted molar refractivity (Wildman–Crippen MR) is 92.8 cm³/mol. The van der Waals surface area contributed by atoms with Crippen LogP contribution in [0.1, 0.15) is 10.4 Å². The molecule has 4 rings (SSSR count). The van der Waals surface area contributed by atoms with Crippen LogP contribution in [0.5, 0.6) is 0 Å². The molecule has 1 aliphatic heterocycles. The van der Waals surface area contributed by atoms with E-state index in [4.69, 9.17) is 0 Å². The second-order valence-corrected chi connectivity index (χ2v) is 6.57. The fourth-order valence-electron chi connectivity index (χ4n) is 2.99. The lowest BCUT2D eigenvalue weighted by Gasteiger charge is -2.21. The van der Waals surface area contributed by atoms with Gasteiger partial charge in [-0.3, -0.25) is 4.79 Å². The molecular weight excluding hydrogens is 290 g/mol. The molecule has 0 bridgehead atoms. The number of carbonyl (C=O) groups excluding carboxylic acids is 1. The van der Waals surface area contributed by atoms with Gasteiger partial charge in [0.05, 0.1) is 5.69 Å². The number of carbonyl (C=O) groups is 1. The molecule has 0 fully saturated rings. The Balaban J connectivity index is 1.78. The second-order valence-electron chi connectivity index (χ2n) is 5.44. The first kappa shape index (κ1) is 13.4. The number of hydrogen-bond donors (Lipinski definition) is 0. The summed E-state index contributed by atoms with van der Waals surface area (Å²) in [6, 6.07) is 22.1. The number of nitrogens with zero attached hydrogens (tertiary/aromatic N) is 1. The molecule has 1 unspecified atom stereocenters. The highest BCUT2D eigenvalue weighted by atomic mass is 32.2. The molecule has 0 saturated carbocycles. The number of hydrogen-bond acceptors (Lipinski definition) is 3. The topological polar surface area (TPSA) is 20.3 Å². The van der Waals surface area contributed by atoms with E-state index in [0.29, 0.717) is 0 Å². The normalized spacial score (nSPS) is 16.8. The van der Waals surface area contributed by atoms with Gasteiger partial charge in [0, 0.05) is 22.9 Å². The molecule has 3 heteroatoms. The van der Waals surface area contributed by atoms with E-state index in [0.717, 1.165) is 11.3 Å². The quantitative estimate of drug-likeness (QED) is 0.646. The molecule has 0 aliphatic carbocycles. The first-order valence-corrected chi connectivity index (χ1v) is 8.14. The van der Waals surface area contributed by atoms with Gasteiger partial charge >= 0.3 is 0 Å². The van der Waals surface area contributed by atoms with Gasteiger partial charge in [0.25, 0.3) is 0 Å².